The van der Waals surface area contributed by atoms with Gasteiger partial charge in [0.2, 0.25) is 0 Å². The van der Waals surface area contributed by atoms with Crippen LogP contribution >= 0.6 is 0 Å². The summed E-state index contributed by atoms with van der Waals surface area (Å²) in [4.78, 5) is 16.7. The largest absolute Gasteiger partial charge is 0.497 e. The second-order valence-corrected chi connectivity index (χ2v) is 5.01. The summed E-state index contributed by atoms with van der Waals surface area (Å²) in [6, 6.07) is 16.6. The van der Waals surface area contributed by atoms with Gasteiger partial charge in [-0.2, -0.15) is 0 Å². The van der Waals surface area contributed by atoms with Gasteiger partial charge < -0.3 is 14.8 Å². The molecule has 0 bridgehead atoms. The van der Waals surface area contributed by atoms with E-state index >= 15 is 0 Å². The van der Waals surface area contributed by atoms with E-state index in [0.717, 1.165) is 17.1 Å². The van der Waals surface area contributed by atoms with Crippen molar-refractivity contribution in [3.63, 3.8) is 0 Å². The SMILES string of the molecule is COc1ccc(OCCCNC(=O)NOCc2ccccc2)cc1. The molecule has 0 aliphatic rings. The van der Waals surface area contributed by atoms with Crippen LogP contribution in [0.25, 0.3) is 0 Å². The number of hydrogen-bond acceptors (Lipinski definition) is 4. The van der Waals surface area contributed by atoms with Gasteiger partial charge in [-0.15, -0.1) is 0 Å². The first kappa shape index (κ1) is 17.6. The predicted molar refractivity (Wildman–Crippen MR) is 90.9 cm³/mol. The summed E-state index contributed by atoms with van der Waals surface area (Å²) in [5.74, 6) is 1.56. The molecule has 2 rings (SSSR count). The molecule has 0 atom stereocenters. The molecule has 2 aromatic rings. The predicted octanol–water partition coefficient (Wildman–Crippen LogP) is 2.90. The zero-order valence-electron chi connectivity index (χ0n) is 13.7. The Labute approximate surface area is 141 Å². The number of benzene rings is 2. The van der Waals surface area contributed by atoms with Gasteiger partial charge in [-0.1, -0.05) is 30.3 Å². The number of nitrogens with one attached hydrogen (secondary N) is 2. The Balaban J connectivity index is 1.51. The molecule has 0 fully saturated rings. The highest BCUT2D eigenvalue weighted by atomic mass is 16.7. The first-order chi connectivity index (χ1) is 11.8. The highest BCUT2D eigenvalue weighted by Gasteiger charge is 2.00. The number of amides is 2. The van der Waals surface area contributed by atoms with Crippen LogP contribution in [0.15, 0.2) is 54.6 Å². The topological polar surface area (TPSA) is 68.8 Å². The van der Waals surface area contributed by atoms with Crippen molar-refractivity contribution in [3.8, 4) is 11.5 Å². The Morgan fingerprint density at radius 1 is 1.00 bits per heavy atom. The molecular formula is C18H22N2O4. The third kappa shape index (κ3) is 6.58. The second-order valence-electron chi connectivity index (χ2n) is 5.01. The van der Waals surface area contributed by atoms with Crippen molar-refractivity contribution >= 4 is 6.03 Å². The minimum atomic E-state index is -0.365. The van der Waals surface area contributed by atoms with E-state index in [1.54, 1.807) is 7.11 Å². The first-order valence-corrected chi connectivity index (χ1v) is 7.74. The van der Waals surface area contributed by atoms with Crippen LogP contribution < -0.4 is 20.3 Å². The number of methoxy groups -OCH3 is 1. The summed E-state index contributed by atoms with van der Waals surface area (Å²) in [6.07, 6.45) is 0.693. The van der Waals surface area contributed by atoms with E-state index < -0.39 is 0 Å². The summed E-state index contributed by atoms with van der Waals surface area (Å²) in [5, 5.41) is 2.70. The monoisotopic (exact) mass is 330 g/mol. The van der Waals surface area contributed by atoms with Crippen LogP contribution in [0.4, 0.5) is 4.79 Å². The molecule has 0 saturated carbocycles. The molecule has 128 valence electrons. The Hall–Kier alpha value is -2.73. The summed E-state index contributed by atoms with van der Waals surface area (Å²) in [6.45, 7) is 1.34. The first-order valence-electron chi connectivity index (χ1n) is 7.74. The van der Waals surface area contributed by atoms with Gasteiger partial charge in [0.15, 0.2) is 0 Å². The van der Waals surface area contributed by atoms with Crippen LogP contribution in [-0.4, -0.2) is 26.3 Å². The van der Waals surface area contributed by atoms with Gasteiger partial charge in [-0.3, -0.25) is 4.84 Å². The van der Waals surface area contributed by atoms with Gasteiger partial charge in [0, 0.05) is 6.54 Å². The van der Waals surface area contributed by atoms with Gasteiger partial charge in [0.05, 0.1) is 20.3 Å². The van der Waals surface area contributed by atoms with E-state index in [4.69, 9.17) is 14.3 Å². The van der Waals surface area contributed by atoms with Gasteiger partial charge in [0.1, 0.15) is 11.5 Å². The van der Waals surface area contributed by atoms with E-state index in [1.165, 1.54) is 0 Å². The van der Waals surface area contributed by atoms with Crippen LogP contribution in [0.2, 0.25) is 0 Å². The van der Waals surface area contributed by atoms with Gasteiger partial charge >= 0.3 is 6.03 Å². The summed E-state index contributed by atoms with van der Waals surface area (Å²) < 4.78 is 10.6. The lowest BCUT2D eigenvalue weighted by molar-refractivity contribution is 0.0490. The minimum Gasteiger partial charge on any atom is -0.497 e. The Morgan fingerprint density at radius 2 is 1.71 bits per heavy atom. The molecule has 0 heterocycles. The number of ether oxygens (including phenoxy) is 2. The van der Waals surface area contributed by atoms with Gasteiger partial charge in [-0.25, -0.2) is 10.3 Å². The second kappa shape index (κ2) is 10.1. The maximum absolute atomic E-state index is 11.5. The molecule has 0 spiro atoms. The molecule has 0 aromatic heterocycles. The summed E-state index contributed by atoms with van der Waals surface area (Å²) in [7, 11) is 1.62. The fourth-order valence-electron chi connectivity index (χ4n) is 1.93. The Morgan fingerprint density at radius 3 is 2.42 bits per heavy atom. The molecule has 2 amide bonds. The number of urea groups is 1. The van der Waals surface area contributed by atoms with Crippen molar-refractivity contribution in [1.82, 2.24) is 10.8 Å². The van der Waals surface area contributed by atoms with Crippen LogP contribution in [0.3, 0.4) is 0 Å². The molecule has 0 aliphatic heterocycles. The number of hydrogen-bond donors (Lipinski definition) is 2. The molecular weight excluding hydrogens is 308 g/mol. The minimum absolute atomic E-state index is 0.328. The molecule has 0 radical (unpaired) electrons. The fourth-order valence-corrected chi connectivity index (χ4v) is 1.93. The van der Waals surface area contributed by atoms with Crippen LogP contribution in [0.1, 0.15) is 12.0 Å². The zero-order chi connectivity index (χ0) is 17.0. The zero-order valence-corrected chi connectivity index (χ0v) is 13.7. The Kier molecular flexibility index (Phi) is 7.43. The average molecular weight is 330 g/mol. The lowest BCUT2D eigenvalue weighted by Gasteiger charge is -2.09. The smallest absolute Gasteiger partial charge is 0.338 e. The lowest BCUT2D eigenvalue weighted by atomic mass is 10.2. The quantitative estimate of drug-likeness (QED) is 0.548. The van der Waals surface area contributed by atoms with Crippen molar-refractivity contribution in [1.29, 1.82) is 0 Å². The highest BCUT2D eigenvalue weighted by molar-refractivity contribution is 5.72. The van der Waals surface area contributed by atoms with E-state index in [-0.39, 0.29) is 6.03 Å². The van der Waals surface area contributed by atoms with Crippen molar-refractivity contribution in [2.24, 2.45) is 0 Å². The van der Waals surface area contributed by atoms with E-state index in [2.05, 4.69) is 10.8 Å². The molecule has 24 heavy (non-hydrogen) atoms. The number of carbonyl (C=O) groups is 1. The van der Waals surface area contributed by atoms with Crippen LogP contribution in [0, 0.1) is 0 Å². The molecule has 2 N–H and O–H groups in total. The molecule has 0 saturated heterocycles. The molecule has 6 heteroatoms. The van der Waals surface area contributed by atoms with E-state index in [1.807, 2.05) is 54.6 Å². The number of hydroxylamine groups is 1. The number of carbonyl (C=O) groups excluding carboxylic acids is 1. The molecule has 0 unspecified atom stereocenters. The average Bonchev–Trinajstić information content (AvgIpc) is 2.63. The van der Waals surface area contributed by atoms with Crippen molar-refractivity contribution < 1.29 is 19.1 Å². The standard InChI is InChI=1S/C18H22N2O4/c1-22-16-8-10-17(11-9-16)23-13-5-12-19-18(21)20-24-14-15-6-3-2-4-7-15/h2-4,6-11H,5,12-14H2,1H3,(H2,19,20,21). The lowest BCUT2D eigenvalue weighted by Crippen LogP contribution is -2.36. The van der Waals surface area contributed by atoms with Gasteiger partial charge in [0.25, 0.3) is 0 Å². The third-order valence-corrected chi connectivity index (χ3v) is 3.18. The van der Waals surface area contributed by atoms with Crippen molar-refractivity contribution in [2.45, 2.75) is 13.0 Å². The normalized spacial score (nSPS) is 10.0. The Bertz CT molecular complexity index is 602. The molecule has 0 aliphatic carbocycles. The van der Waals surface area contributed by atoms with Crippen LogP contribution in [-0.2, 0) is 11.4 Å². The summed E-state index contributed by atoms with van der Waals surface area (Å²) >= 11 is 0. The third-order valence-electron chi connectivity index (χ3n) is 3.18. The van der Waals surface area contributed by atoms with E-state index in [0.29, 0.717) is 26.2 Å². The van der Waals surface area contributed by atoms with Crippen molar-refractivity contribution in [2.75, 3.05) is 20.3 Å². The number of rotatable bonds is 9. The van der Waals surface area contributed by atoms with E-state index in [9.17, 15) is 4.79 Å². The summed E-state index contributed by atoms with van der Waals surface area (Å²) in [5.41, 5.74) is 3.34. The molecule has 2 aromatic carbocycles. The molecule has 6 nitrogen and oxygen atoms in total. The van der Waals surface area contributed by atoms with Gasteiger partial charge in [-0.05, 0) is 36.2 Å². The maximum Gasteiger partial charge on any atom is 0.338 e. The maximum atomic E-state index is 11.5. The highest BCUT2D eigenvalue weighted by Crippen LogP contribution is 2.16. The van der Waals surface area contributed by atoms with Crippen LogP contribution in [0.5, 0.6) is 11.5 Å². The fraction of sp³-hybridized carbons (Fsp3) is 0.278. The van der Waals surface area contributed by atoms with Crippen molar-refractivity contribution in [3.05, 3.63) is 60.2 Å².